The number of hydrogen-bond acceptors (Lipinski definition) is 3. The summed E-state index contributed by atoms with van der Waals surface area (Å²) in [6, 6.07) is 9.11. The molecule has 2 aromatic carbocycles. The molecule has 0 aliphatic heterocycles. The van der Waals surface area contributed by atoms with E-state index in [0.717, 1.165) is 27.4 Å². The number of aryl methyl sites for hydroxylation is 1. The molecule has 0 saturated carbocycles. The number of rotatable bonds is 6. The monoisotopic (exact) mass is 407 g/mol. The second kappa shape index (κ2) is 9.96. The maximum Gasteiger partial charge on any atom is 0.229 e. The quantitative estimate of drug-likeness (QED) is 0.610. The molecule has 0 bridgehead atoms. The van der Waals surface area contributed by atoms with Crippen molar-refractivity contribution in [3.8, 4) is 0 Å². The molecule has 1 heterocycles. The number of hydrogen-bond donors (Lipinski definition) is 2. The summed E-state index contributed by atoms with van der Waals surface area (Å²) in [5.74, 6) is -2.55. The maximum atomic E-state index is 13.7. The number of fused-ring (bicyclic) bond motifs is 1. The van der Waals surface area contributed by atoms with Crippen LogP contribution in [0.1, 0.15) is 17.5 Å². The molecule has 5 nitrogen and oxygen atoms in total. The van der Waals surface area contributed by atoms with Crippen LogP contribution < -0.4 is 5.73 Å². The van der Waals surface area contributed by atoms with Gasteiger partial charge < -0.3 is 10.7 Å². The maximum absolute atomic E-state index is 13.7. The first-order valence-electron chi connectivity index (χ1n) is 8.51. The Bertz CT molecular complexity index is 975. The van der Waals surface area contributed by atoms with Gasteiger partial charge in [-0.05, 0) is 31.2 Å². The van der Waals surface area contributed by atoms with Crippen molar-refractivity contribution in [2.45, 2.75) is 19.4 Å². The SMILES string of the molecule is CN.O=CN(Cc1cccc(F)c1F)C(=O)CCc1c[nH]c2c(Cl)cccc12. The van der Waals surface area contributed by atoms with Gasteiger partial charge >= 0.3 is 0 Å². The van der Waals surface area contributed by atoms with Gasteiger partial charge in [0.15, 0.2) is 11.6 Å². The van der Waals surface area contributed by atoms with E-state index in [0.29, 0.717) is 17.9 Å². The molecule has 3 N–H and O–H groups in total. The Kier molecular flexibility index (Phi) is 7.66. The number of nitrogens with one attached hydrogen (secondary N) is 1. The summed E-state index contributed by atoms with van der Waals surface area (Å²) in [7, 11) is 1.50. The van der Waals surface area contributed by atoms with Crippen molar-refractivity contribution in [2.24, 2.45) is 5.73 Å². The normalized spacial score (nSPS) is 10.3. The average Bonchev–Trinajstić information content (AvgIpc) is 3.13. The van der Waals surface area contributed by atoms with Crippen molar-refractivity contribution in [3.05, 3.63) is 70.4 Å². The summed E-state index contributed by atoms with van der Waals surface area (Å²) in [6.45, 7) is -0.314. The zero-order valence-corrected chi connectivity index (χ0v) is 16.0. The first-order chi connectivity index (χ1) is 13.5. The van der Waals surface area contributed by atoms with Crippen LogP contribution in [0.25, 0.3) is 10.9 Å². The third kappa shape index (κ3) is 4.74. The number of amides is 2. The van der Waals surface area contributed by atoms with E-state index in [1.54, 1.807) is 12.3 Å². The van der Waals surface area contributed by atoms with Crippen LogP contribution in [0.5, 0.6) is 0 Å². The van der Waals surface area contributed by atoms with Gasteiger partial charge in [0.25, 0.3) is 0 Å². The summed E-state index contributed by atoms with van der Waals surface area (Å²) in [5.41, 5.74) is 6.12. The van der Waals surface area contributed by atoms with Gasteiger partial charge in [0.2, 0.25) is 12.3 Å². The van der Waals surface area contributed by atoms with E-state index in [4.69, 9.17) is 11.6 Å². The van der Waals surface area contributed by atoms with Gasteiger partial charge in [-0.3, -0.25) is 14.5 Å². The van der Waals surface area contributed by atoms with Gasteiger partial charge in [-0.2, -0.15) is 0 Å². The lowest BCUT2D eigenvalue weighted by Gasteiger charge is -2.16. The highest BCUT2D eigenvalue weighted by Gasteiger charge is 2.17. The fourth-order valence-electron chi connectivity index (χ4n) is 2.81. The number of imide groups is 1. The van der Waals surface area contributed by atoms with Gasteiger partial charge in [-0.15, -0.1) is 0 Å². The molecule has 0 radical (unpaired) electrons. The minimum atomic E-state index is -1.06. The van der Waals surface area contributed by atoms with E-state index >= 15 is 0 Å². The largest absolute Gasteiger partial charge is 0.360 e. The molecular weight excluding hydrogens is 388 g/mol. The van der Waals surface area contributed by atoms with Crippen molar-refractivity contribution in [1.29, 1.82) is 0 Å². The molecule has 28 heavy (non-hydrogen) atoms. The summed E-state index contributed by atoms with van der Waals surface area (Å²) in [5, 5.41) is 1.48. The molecule has 0 saturated heterocycles. The molecule has 3 aromatic rings. The fraction of sp³-hybridized carbons (Fsp3) is 0.200. The van der Waals surface area contributed by atoms with E-state index in [1.807, 2.05) is 12.1 Å². The number of H-pyrrole nitrogens is 1. The predicted molar refractivity (Wildman–Crippen MR) is 105 cm³/mol. The number of para-hydroxylation sites is 1. The zero-order valence-electron chi connectivity index (χ0n) is 15.2. The fourth-order valence-corrected chi connectivity index (χ4v) is 3.03. The van der Waals surface area contributed by atoms with E-state index in [2.05, 4.69) is 10.7 Å². The molecule has 1 aromatic heterocycles. The van der Waals surface area contributed by atoms with Gasteiger partial charge in [0.05, 0.1) is 17.1 Å². The highest BCUT2D eigenvalue weighted by molar-refractivity contribution is 6.35. The lowest BCUT2D eigenvalue weighted by molar-refractivity contribution is -0.138. The predicted octanol–water partition coefficient (Wildman–Crippen LogP) is 3.79. The first-order valence-corrected chi connectivity index (χ1v) is 8.89. The van der Waals surface area contributed by atoms with Crippen LogP contribution in [-0.4, -0.2) is 29.2 Å². The Balaban J connectivity index is 0.00000136. The van der Waals surface area contributed by atoms with Crippen LogP contribution in [0, 0.1) is 11.6 Å². The van der Waals surface area contributed by atoms with Gasteiger partial charge in [-0.1, -0.05) is 35.9 Å². The smallest absolute Gasteiger partial charge is 0.229 e. The van der Waals surface area contributed by atoms with Crippen molar-refractivity contribution >= 4 is 34.8 Å². The van der Waals surface area contributed by atoms with E-state index in [1.165, 1.54) is 19.2 Å². The molecule has 0 fully saturated rings. The summed E-state index contributed by atoms with van der Waals surface area (Å²) in [4.78, 5) is 27.5. The number of carbonyl (C=O) groups excluding carboxylic acids is 2. The molecule has 8 heteroatoms. The molecule has 0 aliphatic carbocycles. The topological polar surface area (TPSA) is 79.2 Å². The molecule has 0 unspecified atom stereocenters. The Morgan fingerprint density at radius 3 is 2.61 bits per heavy atom. The van der Waals surface area contributed by atoms with Crippen molar-refractivity contribution < 1.29 is 18.4 Å². The number of benzene rings is 2. The first kappa shape index (κ1) is 21.5. The molecule has 3 rings (SSSR count). The van der Waals surface area contributed by atoms with E-state index in [-0.39, 0.29) is 18.5 Å². The molecule has 0 aliphatic rings. The standard InChI is InChI=1S/C19H15ClF2N2O2.CH5N/c20-15-5-2-4-14-12(9-23-19(14)15)7-8-17(26)24(11-25)10-13-3-1-6-16(21)18(13)22;1-2/h1-6,9,11,23H,7-8,10H2;2H2,1H3. The highest BCUT2D eigenvalue weighted by atomic mass is 35.5. The third-order valence-electron chi connectivity index (χ3n) is 4.18. The molecule has 0 spiro atoms. The average molecular weight is 408 g/mol. The van der Waals surface area contributed by atoms with Crippen LogP contribution in [-0.2, 0) is 22.6 Å². The van der Waals surface area contributed by atoms with Crippen LogP contribution in [0.2, 0.25) is 5.02 Å². The number of aromatic nitrogens is 1. The van der Waals surface area contributed by atoms with Crippen LogP contribution in [0.3, 0.4) is 0 Å². The molecule has 2 amide bonds. The zero-order chi connectivity index (χ0) is 20.7. The number of carbonyl (C=O) groups is 2. The Morgan fingerprint density at radius 2 is 1.89 bits per heavy atom. The molecular formula is C20H20ClF2N3O2. The van der Waals surface area contributed by atoms with Gasteiger partial charge in [0, 0.05) is 23.6 Å². The van der Waals surface area contributed by atoms with Crippen LogP contribution in [0.4, 0.5) is 8.78 Å². The minimum absolute atomic E-state index is 0.0507. The second-order valence-corrected chi connectivity index (χ2v) is 6.22. The number of aromatic amines is 1. The molecule has 148 valence electrons. The summed E-state index contributed by atoms with van der Waals surface area (Å²) >= 11 is 6.10. The van der Waals surface area contributed by atoms with E-state index in [9.17, 15) is 18.4 Å². The number of halogens is 3. The van der Waals surface area contributed by atoms with Gasteiger partial charge in [0.1, 0.15) is 0 Å². The molecule has 0 atom stereocenters. The summed E-state index contributed by atoms with van der Waals surface area (Å²) in [6.07, 6.45) is 2.53. The van der Waals surface area contributed by atoms with E-state index < -0.39 is 17.5 Å². The lowest BCUT2D eigenvalue weighted by Crippen LogP contribution is -2.29. The summed E-state index contributed by atoms with van der Waals surface area (Å²) < 4.78 is 27.0. The number of nitrogens with zero attached hydrogens (tertiary/aromatic N) is 1. The number of nitrogens with two attached hydrogens (primary N) is 1. The van der Waals surface area contributed by atoms with Crippen molar-refractivity contribution in [1.82, 2.24) is 9.88 Å². The lowest BCUT2D eigenvalue weighted by atomic mass is 10.1. The Labute approximate surface area is 166 Å². The van der Waals surface area contributed by atoms with Gasteiger partial charge in [-0.25, -0.2) is 8.78 Å². The minimum Gasteiger partial charge on any atom is -0.360 e. The van der Waals surface area contributed by atoms with Crippen LogP contribution >= 0.6 is 11.6 Å². The Morgan fingerprint density at radius 1 is 1.18 bits per heavy atom. The Hall–Kier alpha value is -2.77. The third-order valence-corrected chi connectivity index (χ3v) is 4.49. The van der Waals surface area contributed by atoms with Crippen molar-refractivity contribution in [2.75, 3.05) is 7.05 Å². The highest BCUT2D eigenvalue weighted by Crippen LogP contribution is 2.26. The van der Waals surface area contributed by atoms with Crippen molar-refractivity contribution in [3.63, 3.8) is 0 Å². The second-order valence-electron chi connectivity index (χ2n) is 5.82. The van der Waals surface area contributed by atoms with Crippen LogP contribution in [0.15, 0.2) is 42.6 Å².